The number of quaternary nitrogens is 1. The van der Waals surface area contributed by atoms with E-state index in [2.05, 4.69) is 9.82 Å². The zero-order valence-corrected chi connectivity index (χ0v) is 20.6. The molecular formula is C23H25F3N5O5S+. The number of carbonyl (C=O) groups excluding carboxylic acids is 2. The number of amides is 1. The lowest BCUT2D eigenvalue weighted by molar-refractivity contribution is -1.10. The van der Waals surface area contributed by atoms with Gasteiger partial charge >= 0.3 is 12.1 Å². The van der Waals surface area contributed by atoms with Crippen molar-refractivity contribution in [1.82, 2.24) is 14.5 Å². The molecule has 198 valence electrons. The number of piperidine rings is 1. The van der Waals surface area contributed by atoms with Gasteiger partial charge in [0.2, 0.25) is 10.0 Å². The average Bonchev–Trinajstić information content (AvgIpc) is 3.24. The second kappa shape index (κ2) is 9.76. The van der Waals surface area contributed by atoms with Gasteiger partial charge in [0.1, 0.15) is 25.2 Å². The highest BCUT2D eigenvalue weighted by molar-refractivity contribution is 7.88. The van der Waals surface area contributed by atoms with Crippen molar-refractivity contribution in [2.45, 2.75) is 31.6 Å². The molecule has 3 N–H and O–H groups in total. The number of benzene rings is 2. The summed E-state index contributed by atoms with van der Waals surface area (Å²) in [4.78, 5) is 28.4. The number of sulfonamides is 1. The molecule has 0 radical (unpaired) electrons. The second-order valence-electron chi connectivity index (χ2n) is 9.05. The van der Waals surface area contributed by atoms with Gasteiger partial charge in [0.25, 0.3) is 5.91 Å². The zero-order chi connectivity index (χ0) is 27.0. The number of carbonyl (C=O) groups is 2. The molecule has 2 aromatic carbocycles. The van der Waals surface area contributed by atoms with E-state index >= 15 is 0 Å². The summed E-state index contributed by atoms with van der Waals surface area (Å²) in [6, 6.07) is 11.3. The minimum atomic E-state index is -5.16. The minimum absolute atomic E-state index is 0.00278. The van der Waals surface area contributed by atoms with Crippen LogP contribution in [0, 0.1) is 0 Å². The van der Waals surface area contributed by atoms with Gasteiger partial charge in [0.05, 0.1) is 17.5 Å². The fourth-order valence-electron chi connectivity index (χ4n) is 4.43. The molecule has 1 aliphatic rings. The number of fused-ring (bicyclic) bond motifs is 1. The molecule has 3 aromatic rings. The van der Waals surface area contributed by atoms with E-state index in [4.69, 9.17) is 10.6 Å². The number of aromatic nitrogens is 2. The van der Waals surface area contributed by atoms with Crippen molar-refractivity contribution >= 4 is 32.8 Å². The number of likely N-dealkylation sites (tertiary alicyclic amines) is 1. The number of nitrogens with two attached hydrogens (primary N) is 1. The lowest BCUT2D eigenvalue weighted by Crippen LogP contribution is -2.57. The van der Waals surface area contributed by atoms with Crippen LogP contribution in [0.15, 0.2) is 48.7 Å². The molecule has 0 atom stereocenters. The van der Waals surface area contributed by atoms with Crippen LogP contribution in [0.25, 0.3) is 16.6 Å². The van der Waals surface area contributed by atoms with Crippen molar-refractivity contribution in [2.24, 2.45) is 5.73 Å². The summed E-state index contributed by atoms with van der Waals surface area (Å²) in [6.07, 6.45) is -2.05. The highest BCUT2D eigenvalue weighted by Gasteiger charge is 2.49. The highest BCUT2D eigenvalue weighted by Crippen LogP contribution is 2.28. The third-order valence-electron chi connectivity index (χ3n) is 6.13. The van der Waals surface area contributed by atoms with E-state index in [1.807, 2.05) is 0 Å². The first-order valence-corrected chi connectivity index (χ1v) is 13.2. The number of alkyl halides is 3. The van der Waals surface area contributed by atoms with Crippen LogP contribution in [-0.4, -0.2) is 66.3 Å². The highest BCUT2D eigenvalue weighted by atomic mass is 32.2. The Balaban J connectivity index is 1.56. The Labute approximate surface area is 210 Å². The van der Waals surface area contributed by atoms with Gasteiger partial charge < -0.3 is 5.73 Å². The summed E-state index contributed by atoms with van der Waals surface area (Å²) < 4.78 is 65.5. The zero-order valence-electron chi connectivity index (χ0n) is 19.7. The SMILES string of the molecule is CS(=O)(=O)NC1CC[N+](Cc2ccc(-n3cc4cccc(C(N)=O)c4n3)cc2)(OC(=O)C(F)(F)F)CC1. The van der Waals surface area contributed by atoms with Crippen LogP contribution < -0.4 is 10.5 Å². The number of nitrogens with zero attached hydrogens (tertiary/aromatic N) is 3. The molecule has 1 amide bonds. The molecule has 0 aliphatic carbocycles. The van der Waals surface area contributed by atoms with Crippen LogP contribution in [0.2, 0.25) is 0 Å². The molecule has 10 nitrogen and oxygen atoms in total. The smallest absolute Gasteiger partial charge is 0.366 e. The topological polar surface area (TPSA) is 133 Å². The van der Waals surface area contributed by atoms with Crippen LogP contribution in [-0.2, 0) is 26.2 Å². The van der Waals surface area contributed by atoms with E-state index in [1.165, 1.54) is 0 Å². The van der Waals surface area contributed by atoms with E-state index in [1.54, 1.807) is 53.3 Å². The molecule has 0 saturated carbocycles. The lowest BCUT2D eigenvalue weighted by Gasteiger charge is -2.39. The molecule has 1 fully saturated rings. The monoisotopic (exact) mass is 540 g/mol. The van der Waals surface area contributed by atoms with Gasteiger partial charge in [-0.25, -0.2) is 22.6 Å². The number of rotatable bonds is 7. The van der Waals surface area contributed by atoms with Gasteiger partial charge in [-0.2, -0.15) is 18.3 Å². The van der Waals surface area contributed by atoms with E-state index in [0.717, 1.165) is 6.26 Å². The van der Waals surface area contributed by atoms with Crippen LogP contribution in [0.4, 0.5) is 13.2 Å². The first-order chi connectivity index (χ1) is 17.2. The van der Waals surface area contributed by atoms with Crippen LogP contribution in [0.1, 0.15) is 28.8 Å². The van der Waals surface area contributed by atoms with E-state index in [-0.39, 0.29) is 38.0 Å². The Morgan fingerprint density at radius 1 is 1.16 bits per heavy atom. The Hall–Kier alpha value is -3.49. The molecule has 1 aromatic heterocycles. The maximum atomic E-state index is 13.0. The molecular weight excluding hydrogens is 515 g/mol. The van der Waals surface area contributed by atoms with E-state index < -0.39 is 38.8 Å². The summed E-state index contributed by atoms with van der Waals surface area (Å²) in [7, 11) is -3.49. The molecule has 37 heavy (non-hydrogen) atoms. The fourth-order valence-corrected chi connectivity index (χ4v) is 5.27. The number of primary amides is 1. The average molecular weight is 541 g/mol. The first kappa shape index (κ1) is 26.6. The van der Waals surface area contributed by atoms with Crippen molar-refractivity contribution in [2.75, 3.05) is 19.3 Å². The standard InChI is InChI=1S/C23H24F3N5O5S/c1-37(34,35)29-17-9-11-31(12-10-17,36-22(33)23(24,25)26)14-15-5-7-18(8-6-15)30-13-16-3-2-4-19(21(27)32)20(16)28-30/h2-8,13,17,29H,9-12,14H2,1H3,(H-,27,32)/p+1. The normalized spacial score (nSPS) is 20.6. The Bertz CT molecular complexity index is 1430. The van der Waals surface area contributed by atoms with Gasteiger partial charge in [0, 0.05) is 36.0 Å². The number of nitrogens with one attached hydrogen (secondary N) is 1. The maximum absolute atomic E-state index is 13.0. The van der Waals surface area contributed by atoms with Gasteiger partial charge in [0.15, 0.2) is 0 Å². The molecule has 4 rings (SSSR count). The predicted molar refractivity (Wildman–Crippen MR) is 126 cm³/mol. The number of hydrogen-bond acceptors (Lipinski definition) is 6. The Kier molecular flexibility index (Phi) is 7.01. The summed E-state index contributed by atoms with van der Waals surface area (Å²) >= 11 is 0. The number of hydroxylamine groups is 3. The Morgan fingerprint density at radius 3 is 2.38 bits per heavy atom. The summed E-state index contributed by atoms with van der Waals surface area (Å²) in [5, 5.41) is 5.13. The third kappa shape index (κ3) is 6.26. The van der Waals surface area contributed by atoms with Crippen LogP contribution >= 0.6 is 0 Å². The number of halogens is 3. The van der Waals surface area contributed by atoms with Crippen molar-refractivity contribution in [1.29, 1.82) is 0 Å². The first-order valence-electron chi connectivity index (χ1n) is 11.3. The van der Waals surface area contributed by atoms with Crippen molar-refractivity contribution in [3.8, 4) is 5.69 Å². The minimum Gasteiger partial charge on any atom is -0.366 e. The molecule has 1 aliphatic heterocycles. The van der Waals surface area contributed by atoms with Crippen LogP contribution in [0.5, 0.6) is 0 Å². The molecule has 0 bridgehead atoms. The van der Waals surface area contributed by atoms with Gasteiger partial charge in [-0.1, -0.05) is 24.3 Å². The van der Waals surface area contributed by atoms with E-state index in [9.17, 15) is 31.2 Å². The fraction of sp³-hybridized carbons (Fsp3) is 0.348. The molecule has 1 saturated heterocycles. The number of hydrogen-bond donors (Lipinski definition) is 2. The lowest BCUT2D eigenvalue weighted by atomic mass is 10.0. The molecule has 14 heteroatoms. The van der Waals surface area contributed by atoms with Crippen molar-refractivity contribution in [3.05, 3.63) is 59.8 Å². The third-order valence-corrected chi connectivity index (χ3v) is 6.89. The molecule has 0 unspecified atom stereocenters. The summed E-state index contributed by atoms with van der Waals surface area (Å²) in [5.74, 6) is -2.91. The largest absolute Gasteiger partial charge is 0.497 e. The second-order valence-corrected chi connectivity index (χ2v) is 10.8. The van der Waals surface area contributed by atoms with Crippen LogP contribution in [0.3, 0.4) is 0 Å². The van der Waals surface area contributed by atoms with Crippen molar-refractivity contribution < 1.29 is 40.7 Å². The molecule has 2 heterocycles. The van der Waals surface area contributed by atoms with Gasteiger partial charge in [-0.3, -0.25) is 9.63 Å². The Morgan fingerprint density at radius 2 is 1.81 bits per heavy atom. The maximum Gasteiger partial charge on any atom is 0.497 e. The van der Waals surface area contributed by atoms with Gasteiger partial charge in [-0.15, -0.1) is 4.65 Å². The van der Waals surface area contributed by atoms with E-state index in [0.29, 0.717) is 22.2 Å². The predicted octanol–water partition coefficient (Wildman–Crippen LogP) is 2.17. The van der Waals surface area contributed by atoms with Gasteiger partial charge in [-0.05, 0) is 18.2 Å². The summed E-state index contributed by atoms with van der Waals surface area (Å²) in [5.41, 5.74) is 7.36. The molecule has 0 spiro atoms. The summed E-state index contributed by atoms with van der Waals surface area (Å²) in [6.45, 7) is -0.0466. The van der Waals surface area contributed by atoms with Crippen molar-refractivity contribution in [3.63, 3.8) is 0 Å². The quantitative estimate of drug-likeness (QED) is 0.442.